The molecule has 3 heterocycles. The molecule has 1 fully saturated rings. The van der Waals surface area contributed by atoms with Crippen molar-refractivity contribution in [1.29, 1.82) is 0 Å². The van der Waals surface area contributed by atoms with Gasteiger partial charge in [0, 0.05) is 9.75 Å². The summed E-state index contributed by atoms with van der Waals surface area (Å²) in [5.41, 5.74) is 1.33. The number of likely N-dealkylation sites (tertiary alicyclic amines) is 1. The molecule has 5 nitrogen and oxygen atoms in total. The first-order chi connectivity index (χ1) is 15.2. The molecule has 4 rings (SSSR count). The number of ether oxygens (including phenoxy) is 1. The third-order valence-electron chi connectivity index (χ3n) is 5.58. The highest BCUT2D eigenvalue weighted by Gasteiger charge is 2.47. The molecular formula is C25H25NO4S2. The van der Waals surface area contributed by atoms with Crippen molar-refractivity contribution in [2.24, 2.45) is 0 Å². The first-order valence-electron chi connectivity index (χ1n) is 10.3. The first-order valence-corrected chi connectivity index (χ1v) is 12.0. The topological polar surface area (TPSA) is 66.8 Å². The number of hydrogen-bond acceptors (Lipinski definition) is 6. The van der Waals surface area contributed by atoms with Gasteiger partial charge < -0.3 is 14.7 Å². The molecule has 1 aliphatic rings. The van der Waals surface area contributed by atoms with Crippen LogP contribution < -0.4 is 4.74 Å². The summed E-state index contributed by atoms with van der Waals surface area (Å²) in [7, 11) is 1.52. The van der Waals surface area contributed by atoms with Gasteiger partial charge in [0.05, 0.1) is 24.8 Å². The van der Waals surface area contributed by atoms with Crippen molar-refractivity contribution in [3.8, 4) is 5.75 Å². The molecule has 3 aromatic rings. The Hall–Kier alpha value is -2.90. The van der Waals surface area contributed by atoms with E-state index in [0.29, 0.717) is 17.9 Å². The smallest absolute Gasteiger partial charge is 0.296 e. The average Bonchev–Trinajstić information content (AvgIpc) is 3.51. The number of methoxy groups -OCH3 is 1. The van der Waals surface area contributed by atoms with Crippen molar-refractivity contribution in [1.82, 2.24) is 4.90 Å². The maximum absolute atomic E-state index is 13.2. The Morgan fingerprint density at radius 3 is 2.41 bits per heavy atom. The number of amides is 1. The van der Waals surface area contributed by atoms with Crippen LogP contribution in [0.2, 0.25) is 0 Å². The molecular weight excluding hydrogens is 442 g/mol. The minimum Gasteiger partial charge on any atom is -0.507 e. The van der Waals surface area contributed by atoms with Crippen LogP contribution >= 0.6 is 22.7 Å². The number of carbonyl (C=O) groups excluding carboxylic acids is 2. The van der Waals surface area contributed by atoms with E-state index in [1.54, 1.807) is 11.0 Å². The van der Waals surface area contributed by atoms with Crippen molar-refractivity contribution in [3.63, 3.8) is 0 Å². The van der Waals surface area contributed by atoms with E-state index in [1.165, 1.54) is 29.8 Å². The molecule has 1 aromatic carbocycles. The molecule has 0 spiro atoms. The van der Waals surface area contributed by atoms with Gasteiger partial charge in [-0.3, -0.25) is 9.59 Å². The largest absolute Gasteiger partial charge is 0.507 e. The Kier molecular flexibility index (Phi) is 5.97. The highest BCUT2D eigenvalue weighted by atomic mass is 32.1. The third-order valence-corrected chi connectivity index (χ3v) is 7.37. The number of rotatable bonds is 5. The van der Waals surface area contributed by atoms with Crippen LogP contribution in [-0.4, -0.2) is 28.8 Å². The second-order valence-electron chi connectivity index (χ2n) is 8.69. The Morgan fingerprint density at radius 2 is 1.81 bits per heavy atom. The van der Waals surface area contributed by atoms with Gasteiger partial charge in [-0.2, -0.15) is 0 Å². The van der Waals surface area contributed by atoms with Crippen LogP contribution in [0.4, 0.5) is 0 Å². The van der Waals surface area contributed by atoms with E-state index in [4.69, 9.17) is 4.74 Å². The standard InChI is InChI=1S/C25H25NO4S2/c1-25(2,3)15-9-10-18(30-4)17(13-15)22(27)20-21(19-8-6-12-32-19)26(24(29)23(20)28)14-16-7-5-11-31-16/h5-13,21,27H,14H2,1-4H3/b22-20+. The molecule has 0 radical (unpaired) electrons. The van der Waals surface area contributed by atoms with Crippen LogP contribution in [0.1, 0.15) is 47.7 Å². The van der Waals surface area contributed by atoms with Crippen LogP contribution in [0.25, 0.3) is 5.76 Å². The van der Waals surface area contributed by atoms with Gasteiger partial charge in [0.25, 0.3) is 11.7 Å². The molecule has 166 valence electrons. The minimum absolute atomic E-state index is 0.0957. The van der Waals surface area contributed by atoms with E-state index in [1.807, 2.05) is 47.2 Å². The Labute approximate surface area is 195 Å². The quantitative estimate of drug-likeness (QED) is 0.295. The van der Waals surface area contributed by atoms with Crippen LogP contribution in [0.3, 0.4) is 0 Å². The van der Waals surface area contributed by atoms with E-state index >= 15 is 0 Å². The minimum atomic E-state index is -0.680. The summed E-state index contributed by atoms with van der Waals surface area (Å²) in [4.78, 5) is 29.6. The monoisotopic (exact) mass is 467 g/mol. The highest BCUT2D eigenvalue weighted by molar-refractivity contribution is 7.10. The van der Waals surface area contributed by atoms with Gasteiger partial charge in [0.2, 0.25) is 0 Å². The number of thiophene rings is 2. The van der Waals surface area contributed by atoms with Gasteiger partial charge in [-0.25, -0.2) is 0 Å². The van der Waals surface area contributed by atoms with Gasteiger partial charge in [-0.15, -0.1) is 22.7 Å². The van der Waals surface area contributed by atoms with E-state index in [2.05, 4.69) is 20.8 Å². The van der Waals surface area contributed by atoms with Crippen molar-refractivity contribution < 1.29 is 19.4 Å². The van der Waals surface area contributed by atoms with Crippen LogP contribution in [-0.2, 0) is 21.5 Å². The number of hydrogen-bond donors (Lipinski definition) is 1. The number of aliphatic hydroxyl groups is 1. The number of aliphatic hydroxyl groups excluding tert-OH is 1. The molecule has 1 N–H and O–H groups in total. The second-order valence-corrected chi connectivity index (χ2v) is 10.7. The maximum atomic E-state index is 13.2. The zero-order chi connectivity index (χ0) is 23.0. The fraction of sp³-hybridized carbons (Fsp3) is 0.280. The second kappa shape index (κ2) is 8.56. The van der Waals surface area contributed by atoms with E-state index in [0.717, 1.165) is 15.3 Å². The summed E-state index contributed by atoms with van der Waals surface area (Å²) < 4.78 is 5.49. The van der Waals surface area contributed by atoms with Crippen LogP contribution in [0.5, 0.6) is 5.75 Å². The normalized spacial score (nSPS) is 18.4. The van der Waals surface area contributed by atoms with Crippen LogP contribution in [0, 0.1) is 0 Å². The van der Waals surface area contributed by atoms with Gasteiger partial charge in [-0.05, 0) is 46.0 Å². The Balaban J connectivity index is 1.90. The van der Waals surface area contributed by atoms with E-state index in [9.17, 15) is 14.7 Å². The number of nitrogens with zero attached hydrogens (tertiary/aromatic N) is 1. The lowest BCUT2D eigenvalue weighted by Gasteiger charge is -2.24. The lowest BCUT2D eigenvalue weighted by atomic mass is 9.85. The number of carbonyl (C=O) groups is 2. The molecule has 7 heteroatoms. The summed E-state index contributed by atoms with van der Waals surface area (Å²) in [5, 5.41) is 15.3. The summed E-state index contributed by atoms with van der Waals surface area (Å²) in [6, 6.07) is 12.5. The molecule has 1 saturated heterocycles. The highest BCUT2D eigenvalue weighted by Crippen LogP contribution is 2.43. The molecule has 32 heavy (non-hydrogen) atoms. The van der Waals surface area contributed by atoms with Gasteiger partial charge >= 0.3 is 0 Å². The lowest BCUT2D eigenvalue weighted by molar-refractivity contribution is -0.140. The maximum Gasteiger partial charge on any atom is 0.296 e. The Morgan fingerprint density at radius 1 is 1.09 bits per heavy atom. The predicted octanol–water partition coefficient (Wildman–Crippen LogP) is 5.74. The van der Waals surface area contributed by atoms with Gasteiger partial charge in [0.15, 0.2) is 0 Å². The lowest BCUT2D eigenvalue weighted by Crippen LogP contribution is -2.28. The fourth-order valence-corrected chi connectivity index (χ4v) is 5.41. The molecule has 1 aliphatic heterocycles. The first kappa shape index (κ1) is 22.3. The molecule has 0 aliphatic carbocycles. The number of benzene rings is 1. The zero-order valence-electron chi connectivity index (χ0n) is 18.4. The van der Waals surface area contributed by atoms with Crippen LogP contribution in [0.15, 0.2) is 58.8 Å². The predicted molar refractivity (Wildman–Crippen MR) is 128 cm³/mol. The van der Waals surface area contributed by atoms with Crippen molar-refractivity contribution in [2.45, 2.75) is 38.8 Å². The summed E-state index contributed by atoms with van der Waals surface area (Å²) in [5.74, 6) is -1.05. The van der Waals surface area contributed by atoms with Crippen molar-refractivity contribution >= 4 is 40.1 Å². The summed E-state index contributed by atoms with van der Waals surface area (Å²) >= 11 is 2.98. The third kappa shape index (κ3) is 3.98. The van der Waals surface area contributed by atoms with E-state index in [-0.39, 0.29) is 16.7 Å². The Bertz CT molecular complexity index is 1170. The van der Waals surface area contributed by atoms with Gasteiger partial charge in [-0.1, -0.05) is 39.0 Å². The SMILES string of the molecule is COc1ccc(C(C)(C)C)cc1/C(O)=C1\C(=O)C(=O)N(Cc2cccs2)C1c1cccs1. The molecule has 1 atom stereocenters. The number of ketones is 1. The average molecular weight is 468 g/mol. The zero-order valence-corrected chi connectivity index (χ0v) is 20.0. The summed E-state index contributed by atoms with van der Waals surface area (Å²) in [6.45, 7) is 6.53. The van der Waals surface area contributed by atoms with Crippen molar-refractivity contribution in [3.05, 3.63) is 79.7 Å². The summed E-state index contributed by atoms with van der Waals surface area (Å²) in [6.07, 6.45) is 0. The number of Topliss-reactive ketones (excluding diaryl/α,β-unsaturated/α-hetero) is 1. The molecule has 1 amide bonds. The van der Waals surface area contributed by atoms with Crippen molar-refractivity contribution in [2.75, 3.05) is 7.11 Å². The van der Waals surface area contributed by atoms with E-state index < -0.39 is 17.7 Å². The molecule has 1 unspecified atom stereocenters. The molecule has 2 aromatic heterocycles. The molecule has 0 saturated carbocycles. The fourth-order valence-electron chi connectivity index (χ4n) is 3.86. The van der Waals surface area contributed by atoms with Gasteiger partial charge in [0.1, 0.15) is 17.6 Å². The molecule has 0 bridgehead atoms.